The predicted molar refractivity (Wildman–Crippen MR) is 78.9 cm³/mol. The van der Waals surface area contributed by atoms with Gasteiger partial charge in [-0.05, 0) is 32.0 Å². The molecule has 2 aromatic rings. The van der Waals surface area contributed by atoms with E-state index in [2.05, 4.69) is 25.9 Å². The van der Waals surface area contributed by atoms with Crippen molar-refractivity contribution in [2.45, 2.75) is 19.9 Å². The quantitative estimate of drug-likeness (QED) is 0.706. The Bertz CT molecular complexity index is 570. The minimum absolute atomic E-state index is 0.177. The van der Waals surface area contributed by atoms with E-state index in [-0.39, 0.29) is 12.1 Å². The topological polar surface area (TPSA) is 92.1 Å². The summed E-state index contributed by atoms with van der Waals surface area (Å²) in [4.78, 5) is 19.8. The van der Waals surface area contributed by atoms with E-state index in [1.807, 2.05) is 26.0 Å². The Labute approximate surface area is 123 Å². The second-order valence-corrected chi connectivity index (χ2v) is 4.57. The molecule has 0 saturated carbocycles. The van der Waals surface area contributed by atoms with Gasteiger partial charge in [0.2, 0.25) is 5.95 Å². The van der Waals surface area contributed by atoms with Crippen LogP contribution >= 0.6 is 0 Å². The maximum absolute atomic E-state index is 11.7. The summed E-state index contributed by atoms with van der Waals surface area (Å²) in [5.41, 5.74) is 0. The van der Waals surface area contributed by atoms with E-state index in [1.165, 1.54) is 0 Å². The third-order valence-corrected chi connectivity index (χ3v) is 2.79. The molecule has 3 N–H and O–H groups in total. The van der Waals surface area contributed by atoms with Gasteiger partial charge in [0.25, 0.3) is 0 Å². The number of furan rings is 1. The van der Waals surface area contributed by atoms with Gasteiger partial charge < -0.3 is 20.4 Å². The zero-order chi connectivity index (χ0) is 15.1. The first-order valence-corrected chi connectivity index (χ1v) is 6.77. The van der Waals surface area contributed by atoms with Gasteiger partial charge >= 0.3 is 6.03 Å². The molecule has 0 radical (unpaired) electrons. The number of nitrogens with zero attached hydrogens (tertiary/aromatic N) is 2. The number of urea groups is 1. The molecule has 2 aromatic heterocycles. The Kier molecular flexibility index (Phi) is 5.14. The number of carbonyl (C=O) groups is 1. The lowest BCUT2D eigenvalue weighted by Crippen LogP contribution is -2.39. The van der Waals surface area contributed by atoms with Crippen molar-refractivity contribution in [1.82, 2.24) is 20.6 Å². The number of nitrogens with one attached hydrogen (secondary N) is 3. The van der Waals surface area contributed by atoms with E-state index < -0.39 is 0 Å². The van der Waals surface area contributed by atoms with Gasteiger partial charge in [-0.1, -0.05) is 0 Å². The van der Waals surface area contributed by atoms with Gasteiger partial charge in [0.05, 0.1) is 6.04 Å². The molecular formula is C14H19N5O2. The third-order valence-electron chi connectivity index (χ3n) is 2.79. The molecule has 2 heterocycles. The van der Waals surface area contributed by atoms with Crippen LogP contribution < -0.4 is 16.0 Å². The predicted octanol–water partition coefficient (Wildman–Crippen LogP) is 1.85. The second kappa shape index (κ2) is 7.28. The van der Waals surface area contributed by atoms with Crippen molar-refractivity contribution < 1.29 is 9.21 Å². The Morgan fingerprint density at radius 3 is 2.71 bits per heavy atom. The third kappa shape index (κ3) is 4.79. The summed E-state index contributed by atoms with van der Waals surface area (Å²) in [5.74, 6) is 2.10. The number of aryl methyl sites for hydroxylation is 1. The van der Waals surface area contributed by atoms with Crippen LogP contribution in [0, 0.1) is 6.92 Å². The molecular weight excluding hydrogens is 270 g/mol. The fraction of sp³-hybridized carbons (Fsp3) is 0.357. The van der Waals surface area contributed by atoms with Gasteiger partial charge in [0, 0.05) is 25.5 Å². The van der Waals surface area contributed by atoms with Crippen LogP contribution in [-0.4, -0.2) is 29.1 Å². The summed E-state index contributed by atoms with van der Waals surface area (Å²) < 4.78 is 5.46. The molecule has 112 valence electrons. The molecule has 21 heavy (non-hydrogen) atoms. The molecule has 0 aliphatic rings. The Hall–Kier alpha value is -2.57. The summed E-state index contributed by atoms with van der Waals surface area (Å²) in [6.45, 7) is 4.75. The maximum Gasteiger partial charge on any atom is 0.315 e. The molecule has 0 saturated heterocycles. The number of hydrogen-bond donors (Lipinski definition) is 3. The summed E-state index contributed by atoms with van der Waals surface area (Å²) >= 11 is 0. The Morgan fingerprint density at radius 2 is 2.05 bits per heavy atom. The lowest BCUT2D eigenvalue weighted by molar-refractivity contribution is 0.236. The lowest BCUT2D eigenvalue weighted by Gasteiger charge is -2.12. The Balaban J connectivity index is 1.65. The van der Waals surface area contributed by atoms with Crippen LogP contribution in [0.25, 0.3) is 0 Å². The highest BCUT2D eigenvalue weighted by Gasteiger charge is 2.11. The first-order valence-electron chi connectivity index (χ1n) is 6.77. The molecule has 2 amide bonds. The zero-order valence-corrected chi connectivity index (χ0v) is 12.1. The summed E-state index contributed by atoms with van der Waals surface area (Å²) in [6.07, 6.45) is 3.31. The van der Waals surface area contributed by atoms with E-state index >= 15 is 0 Å². The largest absolute Gasteiger partial charge is 0.464 e. The van der Waals surface area contributed by atoms with Crippen molar-refractivity contribution >= 4 is 12.0 Å². The van der Waals surface area contributed by atoms with Gasteiger partial charge in [0.1, 0.15) is 11.5 Å². The van der Waals surface area contributed by atoms with Crippen molar-refractivity contribution in [3.05, 3.63) is 42.1 Å². The van der Waals surface area contributed by atoms with Crippen molar-refractivity contribution in [3.8, 4) is 0 Å². The van der Waals surface area contributed by atoms with Crippen molar-refractivity contribution in [3.63, 3.8) is 0 Å². The first kappa shape index (κ1) is 14.8. The maximum atomic E-state index is 11.7. The summed E-state index contributed by atoms with van der Waals surface area (Å²) in [5, 5.41) is 8.56. The van der Waals surface area contributed by atoms with Crippen LogP contribution in [0.5, 0.6) is 0 Å². The van der Waals surface area contributed by atoms with E-state index in [0.29, 0.717) is 19.0 Å². The fourth-order valence-electron chi connectivity index (χ4n) is 1.75. The zero-order valence-electron chi connectivity index (χ0n) is 12.1. The average molecular weight is 289 g/mol. The molecule has 1 atom stereocenters. The van der Waals surface area contributed by atoms with Crippen LogP contribution in [0.15, 0.2) is 35.0 Å². The number of rotatable bonds is 6. The van der Waals surface area contributed by atoms with E-state index in [9.17, 15) is 4.79 Å². The molecule has 0 aromatic carbocycles. The standard InChI is InChI=1S/C14H19N5O2/c1-10-4-5-12(21-10)11(2)19-14(20)18-9-8-17-13-15-6-3-7-16-13/h3-7,11H,8-9H2,1-2H3,(H,15,16,17)(H2,18,19,20)/t11-/m0/s1. The monoisotopic (exact) mass is 289 g/mol. The van der Waals surface area contributed by atoms with Gasteiger partial charge in [-0.25, -0.2) is 14.8 Å². The highest BCUT2D eigenvalue weighted by Crippen LogP contribution is 2.14. The molecule has 0 aliphatic heterocycles. The van der Waals surface area contributed by atoms with Crippen molar-refractivity contribution in [1.29, 1.82) is 0 Å². The number of amides is 2. The SMILES string of the molecule is Cc1ccc([C@H](C)NC(=O)NCCNc2ncccn2)o1. The van der Waals surface area contributed by atoms with Crippen molar-refractivity contribution in [2.75, 3.05) is 18.4 Å². The lowest BCUT2D eigenvalue weighted by atomic mass is 10.2. The van der Waals surface area contributed by atoms with Crippen LogP contribution in [0.4, 0.5) is 10.7 Å². The molecule has 0 fully saturated rings. The molecule has 0 bridgehead atoms. The summed E-state index contributed by atoms with van der Waals surface area (Å²) in [7, 11) is 0. The van der Waals surface area contributed by atoms with Crippen LogP contribution in [0.2, 0.25) is 0 Å². The first-order chi connectivity index (χ1) is 10.1. The van der Waals surface area contributed by atoms with E-state index in [0.717, 1.165) is 11.5 Å². The normalized spacial score (nSPS) is 11.7. The minimum atomic E-state index is -0.243. The highest BCUT2D eigenvalue weighted by molar-refractivity contribution is 5.74. The molecule has 2 rings (SSSR count). The molecule has 0 unspecified atom stereocenters. The number of carbonyl (C=O) groups excluding carboxylic acids is 1. The van der Waals surface area contributed by atoms with Crippen molar-refractivity contribution in [2.24, 2.45) is 0 Å². The van der Waals surface area contributed by atoms with E-state index in [1.54, 1.807) is 18.5 Å². The molecule has 0 aliphatic carbocycles. The van der Waals surface area contributed by atoms with Gasteiger partial charge in [-0.2, -0.15) is 0 Å². The van der Waals surface area contributed by atoms with Crippen LogP contribution in [0.3, 0.4) is 0 Å². The number of aromatic nitrogens is 2. The van der Waals surface area contributed by atoms with Gasteiger partial charge in [-0.3, -0.25) is 0 Å². The highest BCUT2D eigenvalue weighted by atomic mass is 16.3. The second-order valence-electron chi connectivity index (χ2n) is 4.57. The number of anilines is 1. The Morgan fingerprint density at radius 1 is 1.29 bits per heavy atom. The van der Waals surface area contributed by atoms with Crippen LogP contribution in [0.1, 0.15) is 24.5 Å². The van der Waals surface area contributed by atoms with Gasteiger partial charge in [-0.15, -0.1) is 0 Å². The summed E-state index contributed by atoms with van der Waals surface area (Å²) in [6, 6.07) is 5.05. The molecule has 0 spiro atoms. The minimum Gasteiger partial charge on any atom is -0.464 e. The number of hydrogen-bond acceptors (Lipinski definition) is 5. The van der Waals surface area contributed by atoms with Crippen LogP contribution in [-0.2, 0) is 0 Å². The van der Waals surface area contributed by atoms with E-state index in [4.69, 9.17) is 4.42 Å². The fourth-order valence-corrected chi connectivity index (χ4v) is 1.75. The molecule has 7 heteroatoms. The average Bonchev–Trinajstić information content (AvgIpc) is 2.91. The molecule has 7 nitrogen and oxygen atoms in total. The smallest absolute Gasteiger partial charge is 0.315 e. The van der Waals surface area contributed by atoms with Gasteiger partial charge in [0.15, 0.2) is 0 Å².